The summed E-state index contributed by atoms with van der Waals surface area (Å²) in [6.45, 7) is 3.12. The Bertz CT molecular complexity index is 179. The van der Waals surface area contributed by atoms with Crippen LogP contribution in [0.5, 0.6) is 0 Å². The van der Waals surface area contributed by atoms with Crippen LogP contribution in [0.2, 0.25) is 0 Å². The van der Waals surface area contributed by atoms with Crippen LogP contribution in [0.15, 0.2) is 0 Å². The van der Waals surface area contributed by atoms with E-state index in [1.54, 1.807) is 0 Å². The molecule has 0 radical (unpaired) electrons. The summed E-state index contributed by atoms with van der Waals surface area (Å²) in [5, 5.41) is 11.5. The minimum absolute atomic E-state index is 0.688. The molecule has 0 fully saturated rings. The molecule has 1 atom stereocenters. The van der Waals surface area contributed by atoms with Crippen molar-refractivity contribution in [1.82, 2.24) is 5.32 Å². The third-order valence-corrected chi connectivity index (χ3v) is 2.02. The van der Waals surface area contributed by atoms with Gasteiger partial charge >= 0.3 is 12.3 Å². The first-order valence-electron chi connectivity index (χ1n) is 4.19. The Hall–Kier alpha value is -0.360. The van der Waals surface area contributed by atoms with Crippen LogP contribution in [0, 0.1) is 0 Å². The molecule has 0 heterocycles. The fourth-order valence-electron chi connectivity index (χ4n) is 0.616. The molecule has 0 spiro atoms. The van der Waals surface area contributed by atoms with Gasteiger partial charge in [0, 0.05) is 6.04 Å². The van der Waals surface area contributed by atoms with Gasteiger partial charge in [0.05, 0.1) is 12.1 Å². The highest BCUT2D eigenvalue weighted by molar-refractivity contribution is 4.82. The van der Waals surface area contributed by atoms with Crippen molar-refractivity contribution < 1.29 is 22.7 Å². The summed E-state index contributed by atoms with van der Waals surface area (Å²) < 4.78 is 48.2. The van der Waals surface area contributed by atoms with Gasteiger partial charge in [-0.2, -0.15) is 8.78 Å². The zero-order chi connectivity index (χ0) is 11.6. The Balaban J connectivity index is 4.07. The summed E-state index contributed by atoms with van der Waals surface area (Å²) in [6.07, 6.45) is -3.69. The average Bonchev–Trinajstić information content (AvgIpc) is 1.98. The number of rotatable bonds is 5. The van der Waals surface area contributed by atoms with Crippen LogP contribution >= 0.6 is 0 Å². The molecule has 0 bridgehead atoms. The molecule has 0 aromatic carbocycles. The molecule has 1 unspecified atom stereocenters. The highest BCUT2D eigenvalue weighted by atomic mass is 19.3. The van der Waals surface area contributed by atoms with E-state index in [2.05, 4.69) is 5.32 Å². The zero-order valence-corrected chi connectivity index (χ0v) is 8.32. The molecule has 86 valence electrons. The number of halogens is 4. The molecular formula is C8H15F4NO. The second kappa shape index (κ2) is 4.44. The van der Waals surface area contributed by atoms with Gasteiger partial charge in [-0.15, -0.1) is 0 Å². The third kappa shape index (κ3) is 4.23. The maximum absolute atomic E-state index is 12.4. The van der Waals surface area contributed by atoms with Gasteiger partial charge in [-0.25, -0.2) is 8.78 Å². The first-order chi connectivity index (χ1) is 6.07. The Morgan fingerprint density at radius 1 is 1.29 bits per heavy atom. The zero-order valence-electron chi connectivity index (χ0n) is 8.32. The van der Waals surface area contributed by atoms with Crippen molar-refractivity contribution >= 4 is 0 Å². The number of hydrogen-bond acceptors (Lipinski definition) is 2. The number of nitrogens with one attached hydrogen (secondary N) is 1. The molecule has 2 N–H and O–H groups in total. The molecule has 0 aliphatic rings. The van der Waals surface area contributed by atoms with Gasteiger partial charge < -0.3 is 10.4 Å². The largest absolute Gasteiger partial charge is 0.389 e. The van der Waals surface area contributed by atoms with Crippen LogP contribution < -0.4 is 5.32 Å². The molecule has 0 aromatic rings. The Kier molecular flexibility index (Phi) is 4.33. The first-order valence-corrected chi connectivity index (χ1v) is 4.19. The second-order valence-corrected chi connectivity index (χ2v) is 3.82. The molecule has 2 nitrogen and oxygen atoms in total. The van der Waals surface area contributed by atoms with Crippen molar-refractivity contribution in [2.75, 3.05) is 6.54 Å². The summed E-state index contributed by atoms with van der Waals surface area (Å²) in [5.41, 5.74) is -1.22. The summed E-state index contributed by atoms with van der Waals surface area (Å²) in [6, 6.07) is -0.688. The van der Waals surface area contributed by atoms with Gasteiger partial charge in [-0.1, -0.05) is 0 Å². The smallest absolute Gasteiger partial charge is 0.319 e. The molecule has 6 heteroatoms. The van der Waals surface area contributed by atoms with Crippen molar-refractivity contribution in [2.45, 2.75) is 44.8 Å². The topological polar surface area (TPSA) is 32.3 Å². The van der Waals surface area contributed by atoms with E-state index in [4.69, 9.17) is 0 Å². The van der Waals surface area contributed by atoms with E-state index >= 15 is 0 Å². The highest BCUT2D eigenvalue weighted by Gasteiger charge is 2.41. The van der Waals surface area contributed by atoms with Gasteiger partial charge in [-0.05, 0) is 20.8 Å². The monoisotopic (exact) mass is 217 g/mol. The Morgan fingerprint density at radius 3 is 2.00 bits per heavy atom. The molecule has 0 amide bonds. The van der Waals surface area contributed by atoms with Crippen molar-refractivity contribution in [3.05, 3.63) is 0 Å². The maximum Gasteiger partial charge on any atom is 0.319 e. The molecule has 0 rings (SSSR count). The summed E-state index contributed by atoms with van der Waals surface area (Å²) in [4.78, 5) is 0. The van der Waals surface area contributed by atoms with Gasteiger partial charge in [0.25, 0.3) is 0 Å². The predicted octanol–water partition coefficient (Wildman–Crippen LogP) is 1.64. The minimum atomic E-state index is -4.06. The van der Waals surface area contributed by atoms with E-state index in [1.807, 2.05) is 0 Å². The van der Waals surface area contributed by atoms with E-state index in [1.165, 1.54) is 20.8 Å². The van der Waals surface area contributed by atoms with E-state index in [9.17, 15) is 22.7 Å². The van der Waals surface area contributed by atoms with E-state index < -0.39 is 30.5 Å². The first kappa shape index (κ1) is 13.6. The molecule has 0 saturated carbocycles. The van der Waals surface area contributed by atoms with Crippen LogP contribution in [0.1, 0.15) is 20.8 Å². The van der Waals surface area contributed by atoms with Gasteiger partial charge in [0.15, 0.2) is 0 Å². The number of aliphatic hydroxyl groups is 1. The van der Waals surface area contributed by atoms with Gasteiger partial charge in [-0.3, -0.25) is 0 Å². The number of alkyl halides is 4. The Morgan fingerprint density at radius 2 is 1.71 bits per heavy atom. The standard InChI is InChI=1S/C8H15F4NO/c1-5(7(2,3)14)13-4-8(11,12)6(9)10/h5-6,13-14H,4H2,1-3H3. The SMILES string of the molecule is CC(NCC(F)(F)C(F)F)C(C)(C)O. The lowest BCUT2D eigenvalue weighted by molar-refractivity contribution is -0.128. The fourth-order valence-corrected chi connectivity index (χ4v) is 0.616. The van der Waals surface area contributed by atoms with Crippen LogP contribution in [-0.4, -0.2) is 35.6 Å². The van der Waals surface area contributed by atoms with E-state index in [-0.39, 0.29) is 0 Å². The highest BCUT2D eigenvalue weighted by Crippen LogP contribution is 2.22. The maximum atomic E-state index is 12.4. The lowest BCUT2D eigenvalue weighted by Gasteiger charge is -2.28. The van der Waals surface area contributed by atoms with Crippen LogP contribution in [-0.2, 0) is 0 Å². The molecule has 0 saturated heterocycles. The Labute approximate surface area is 80.3 Å². The quantitative estimate of drug-likeness (QED) is 0.686. The lowest BCUT2D eigenvalue weighted by Crippen LogP contribution is -2.50. The van der Waals surface area contributed by atoms with Crippen LogP contribution in [0.25, 0.3) is 0 Å². The van der Waals surface area contributed by atoms with E-state index in [0.717, 1.165) is 0 Å². The fraction of sp³-hybridized carbons (Fsp3) is 1.00. The van der Waals surface area contributed by atoms with Gasteiger partial charge in [0.1, 0.15) is 0 Å². The van der Waals surface area contributed by atoms with Crippen molar-refractivity contribution in [1.29, 1.82) is 0 Å². The molecule has 14 heavy (non-hydrogen) atoms. The normalized spacial score (nSPS) is 16.1. The van der Waals surface area contributed by atoms with Crippen LogP contribution in [0.4, 0.5) is 17.6 Å². The van der Waals surface area contributed by atoms with Crippen molar-refractivity contribution in [2.24, 2.45) is 0 Å². The number of hydrogen-bond donors (Lipinski definition) is 2. The molecule has 0 aliphatic heterocycles. The summed E-state index contributed by atoms with van der Waals surface area (Å²) >= 11 is 0. The van der Waals surface area contributed by atoms with Crippen molar-refractivity contribution in [3.8, 4) is 0 Å². The van der Waals surface area contributed by atoms with Crippen molar-refractivity contribution in [3.63, 3.8) is 0 Å². The lowest BCUT2D eigenvalue weighted by atomic mass is 10.0. The van der Waals surface area contributed by atoms with E-state index in [0.29, 0.717) is 0 Å². The summed E-state index contributed by atoms with van der Waals surface area (Å²) in [7, 11) is 0. The van der Waals surface area contributed by atoms with Gasteiger partial charge in [0.2, 0.25) is 0 Å². The van der Waals surface area contributed by atoms with Crippen LogP contribution in [0.3, 0.4) is 0 Å². The molecule has 0 aromatic heterocycles. The average molecular weight is 217 g/mol. The minimum Gasteiger partial charge on any atom is -0.389 e. The second-order valence-electron chi connectivity index (χ2n) is 3.82. The molecule has 0 aliphatic carbocycles. The predicted molar refractivity (Wildman–Crippen MR) is 44.7 cm³/mol. The molecular weight excluding hydrogens is 202 g/mol. The third-order valence-electron chi connectivity index (χ3n) is 2.02. The summed E-state index contributed by atoms with van der Waals surface area (Å²) in [5.74, 6) is -4.06.